The Balaban J connectivity index is 3.29. The molecule has 0 spiro atoms. The van der Waals surface area contributed by atoms with Crippen molar-refractivity contribution in [2.75, 3.05) is 70.3 Å². The van der Waals surface area contributed by atoms with E-state index in [-0.39, 0.29) is 0 Å². The molecular weight excluding hydrogens is 310 g/mol. The third-order valence-electron chi connectivity index (χ3n) is 2.23. The van der Waals surface area contributed by atoms with Gasteiger partial charge in [0.2, 0.25) is 0 Å². The van der Waals surface area contributed by atoms with Gasteiger partial charge in [0.05, 0.1) is 38.7 Å². The highest BCUT2D eigenvalue weighted by Crippen LogP contribution is 2.01. The van der Waals surface area contributed by atoms with Crippen molar-refractivity contribution in [2.45, 2.75) is 13.3 Å². The number of ether oxygens (including phenoxy) is 3. The molecule has 0 saturated carbocycles. The minimum absolute atomic E-state index is 0.478. The first-order valence-electron chi connectivity index (χ1n) is 7.23. The third kappa shape index (κ3) is 16.2. The van der Waals surface area contributed by atoms with Gasteiger partial charge in [0, 0.05) is 18.1 Å². The van der Waals surface area contributed by atoms with Crippen LogP contribution >= 0.6 is 23.5 Å². The molecule has 0 aliphatic rings. The molecule has 5 nitrogen and oxygen atoms in total. The van der Waals surface area contributed by atoms with Gasteiger partial charge in [0.25, 0.3) is 0 Å². The second kappa shape index (κ2) is 18.1. The molecule has 0 saturated heterocycles. The lowest BCUT2D eigenvalue weighted by molar-refractivity contribution is -0.00108. The summed E-state index contributed by atoms with van der Waals surface area (Å²) in [4.78, 5) is 5.25. The minimum atomic E-state index is 0.478. The summed E-state index contributed by atoms with van der Waals surface area (Å²) in [6, 6.07) is 0. The summed E-state index contributed by atoms with van der Waals surface area (Å²) in [5.41, 5.74) is 1.07. The number of thioether (sulfide) groups is 2. The normalized spacial score (nSPS) is 10.6. The van der Waals surface area contributed by atoms with Crippen LogP contribution in [0, 0.1) is 0 Å². The average molecular weight is 340 g/mol. The molecule has 0 amide bonds. The number of nitrogens with zero attached hydrogens (tertiary/aromatic N) is 1. The summed E-state index contributed by atoms with van der Waals surface area (Å²) >= 11 is 3.50. The molecule has 0 unspecified atom stereocenters. The summed E-state index contributed by atoms with van der Waals surface area (Å²) in [5, 5.41) is 4.13. The van der Waals surface area contributed by atoms with Gasteiger partial charge in [-0.3, -0.25) is 0 Å². The standard InChI is InChI=1S/C14H29NO4S2/c1-4-5-16-6-7-17-8-9-18-10-11-19-15-14(12-20-2)13-21-3/h4-13H2,1-3H3. The molecule has 0 aliphatic carbocycles. The summed E-state index contributed by atoms with van der Waals surface area (Å²) in [7, 11) is 0. The highest BCUT2D eigenvalue weighted by molar-refractivity contribution is 8.00. The van der Waals surface area contributed by atoms with Crippen molar-refractivity contribution in [2.24, 2.45) is 5.16 Å². The minimum Gasteiger partial charge on any atom is -0.393 e. The van der Waals surface area contributed by atoms with Crippen LogP contribution in [-0.2, 0) is 19.0 Å². The quantitative estimate of drug-likeness (QED) is 0.245. The van der Waals surface area contributed by atoms with E-state index in [1.165, 1.54) is 0 Å². The highest BCUT2D eigenvalue weighted by Gasteiger charge is 1.98. The van der Waals surface area contributed by atoms with E-state index in [1.807, 2.05) is 0 Å². The van der Waals surface area contributed by atoms with Gasteiger partial charge in [-0.25, -0.2) is 0 Å². The lowest BCUT2D eigenvalue weighted by atomic mass is 10.5. The van der Waals surface area contributed by atoms with Crippen LogP contribution in [0.1, 0.15) is 13.3 Å². The Morgan fingerprint density at radius 3 is 1.71 bits per heavy atom. The largest absolute Gasteiger partial charge is 0.393 e. The number of hydrogen-bond donors (Lipinski definition) is 0. The first-order valence-corrected chi connectivity index (χ1v) is 10.0. The second-order valence-electron chi connectivity index (χ2n) is 4.19. The molecule has 0 fully saturated rings. The molecule has 0 aromatic carbocycles. The van der Waals surface area contributed by atoms with Crippen molar-refractivity contribution < 1.29 is 19.0 Å². The summed E-state index contributed by atoms with van der Waals surface area (Å²) < 4.78 is 16.1. The van der Waals surface area contributed by atoms with Gasteiger partial charge in [-0.2, -0.15) is 23.5 Å². The van der Waals surface area contributed by atoms with Crippen molar-refractivity contribution in [1.82, 2.24) is 0 Å². The van der Waals surface area contributed by atoms with Crippen molar-refractivity contribution in [3.63, 3.8) is 0 Å². The Hall–Kier alpha value is 0.0500. The van der Waals surface area contributed by atoms with E-state index in [0.29, 0.717) is 39.6 Å². The van der Waals surface area contributed by atoms with E-state index >= 15 is 0 Å². The van der Waals surface area contributed by atoms with E-state index in [2.05, 4.69) is 24.6 Å². The number of hydrogen-bond acceptors (Lipinski definition) is 7. The molecule has 7 heteroatoms. The van der Waals surface area contributed by atoms with Crippen LogP contribution in [-0.4, -0.2) is 76.0 Å². The van der Waals surface area contributed by atoms with Crippen LogP contribution in [0.5, 0.6) is 0 Å². The third-order valence-corrected chi connectivity index (χ3v) is 3.47. The molecule has 0 N–H and O–H groups in total. The molecule has 0 aliphatic heterocycles. The summed E-state index contributed by atoms with van der Waals surface area (Å²) in [6.07, 6.45) is 5.17. The molecule has 0 atom stereocenters. The van der Waals surface area contributed by atoms with Gasteiger partial charge in [0.1, 0.15) is 6.61 Å². The van der Waals surface area contributed by atoms with Gasteiger partial charge in [-0.1, -0.05) is 12.1 Å². The lowest BCUT2D eigenvalue weighted by Gasteiger charge is -2.06. The molecule has 126 valence electrons. The zero-order chi connectivity index (χ0) is 15.6. The SMILES string of the molecule is CCCOCCOCCOCCON=C(CSC)CSC. The van der Waals surface area contributed by atoms with Gasteiger partial charge < -0.3 is 19.0 Å². The van der Waals surface area contributed by atoms with Gasteiger partial charge >= 0.3 is 0 Å². The Kier molecular flexibility index (Phi) is 18.1. The fraction of sp³-hybridized carbons (Fsp3) is 0.929. The van der Waals surface area contributed by atoms with Crippen molar-refractivity contribution in [1.29, 1.82) is 0 Å². The monoisotopic (exact) mass is 339 g/mol. The van der Waals surface area contributed by atoms with Crippen molar-refractivity contribution >= 4 is 29.2 Å². The smallest absolute Gasteiger partial charge is 0.140 e. The van der Waals surface area contributed by atoms with Crippen molar-refractivity contribution in [3.05, 3.63) is 0 Å². The lowest BCUT2D eigenvalue weighted by Crippen LogP contribution is -2.12. The fourth-order valence-electron chi connectivity index (χ4n) is 1.35. The summed E-state index contributed by atoms with van der Waals surface area (Å²) in [5.74, 6) is 1.82. The van der Waals surface area contributed by atoms with Gasteiger partial charge in [-0.05, 0) is 18.9 Å². The van der Waals surface area contributed by atoms with Crippen LogP contribution in [0.3, 0.4) is 0 Å². The van der Waals surface area contributed by atoms with Gasteiger partial charge in [-0.15, -0.1) is 0 Å². The predicted molar refractivity (Wildman–Crippen MR) is 92.9 cm³/mol. The maximum Gasteiger partial charge on any atom is 0.140 e. The van der Waals surface area contributed by atoms with E-state index in [1.54, 1.807) is 23.5 Å². The fourth-order valence-corrected chi connectivity index (χ4v) is 2.45. The van der Waals surface area contributed by atoms with Crippen LogP contribution < -0.4 is 0 Å². The zero-order valence-electron chi connectivity index (χ0n) is 13.5. The Labute approximate surface area is 137 Å². The molecule has 21 heavy (non-hydrogen) atoms. The van der Waals surface area contributed by atoms with E-state index in [9.17, 15) is 0 Å². The second-order valence-corrected chi connectivity index (χ2v) is 5.93. The summed E-state index contributed by atoms with van der Waals surface area (Å²) in [6.45, 7) is 6.33. The topological polar surface area (TPSA) is 49.3 Å². The van der Waals surface area contributed by atoms with E-state index in [0.717, 1.165) is 30.2 Å². The molecule has 0 bridgehead atoms. The molecular formula is C14H29NO4S2. The molecule has 0 aromatic rings. The zero-order valence-corrected chi connectivity index (χ0v) is 15.1. The number of rotatable bonds is 16. The average Bonchev–Trinajstić information content (AvgIpc) is 2.48. The van der Waals surface area contributed by atoms with E-state index in [4.69, 9.17) is 19.0 Å². The maximum absolute atomic E-state index is 5.39. The van der Waals surface area contributed by atoms with Gasteiger partial charge in [0.15, 0.2) is 0 Å². The molecule has 0 aromatic heterocycles. The Morgan fingerprint density at radius 2 is 1.24 bits per heavy atom. The molecule has 0 heterocycles. The Morgan fingerprint density at radius 1 is 0.762 bits per heavy atom. The Bertz CT molecular complexity index is 235. The molecule has 0 rings (SSSR count). The maximum atomic E-state index is 5.39. The highest BCUT2D eigenvalue weighted by atomic mass is 32.2. The van der Waals surface area contributed by atoms with Crippen LogP contribution in [0.25, 0.3) is 0 Å². The van der Waals surface area contributed by atoms with Crippen LogP contribution in [0.15, 0.2) is 5.16 Å². The van der Waals surface area contributed by atoms with Crippen molar-refractivity contribution in [3.8, 4) is 0 Å². The number of oxime groups is 1. The predicted octanol–water partition coefficient (Wildman–Crippen LogP) is 2.54. The first kappa shape index (κ1) is 21.0. The van der Waals surface area contributed by atoms with E-state index < -0.39 is 0 Å². The first-order chi connectivity index (χ1) is 10.3. The molecule has 0 radical (unpaired) electrons. The van der Waals surface area contributed by atoms with Crippen LogP contribution in [0.4, 0.5) is 0 Å². The van der Waals surface area contributed by atoms with Crippen LogP contribution in [0.2, 0.25) is 0 Å².